The van der Waals surface area contributed by atoms with Gasteiger partial charge in [-0.05, 0) is 32.6 Å². The number of amides is 1. The van der Waals surface area contributed by atoms with E-state index in [1.54, 1.807) is 23.7 Å². The summed E-state index contributed by atoms with van der Waals surface area (Å²) in [5, 5.41) is 1.03. The Hall–Kier alpha value is -2.02. The normalized spacial score (nSPS) is 23.0. The zero-order valence-electron chi connectivity index (χ0n) is 14.7. The largest absolute Gasteiger partial charge is 0.353 e. The van der Waals surface area contributed by atoms with Crippen LogP contribution in [0.15, 0.2) is 18.6 Å². The maximum absolute atomic E-state index is 13.0. The Labute approximate surface area is 151 Å². The summed E-state index contributed by atoms with van der Waals surface area (Å²) in [4.78, 5) is 31.6. The van der Waals surface area contributed by atoms with Gasteiger partial charge in [0.1, 0.15) is 5.82 Å². The molecule has 6 nitrogen and oxygen atoms in total. The Balaban J connectivity index is 1.50. The standard InChI is InChI=1S/C18H23N5OS/c1-12-16(25-13(2)21-12)7-18(24)23-10-14-3-4-15(23)11-22(9-14)17-8-19-5-6-20-17/h5-6,8,14-15H,3-4,7,9-11H2,1-2H3/t14-,15+/m0/s1. The molecule has 0 spiro atoms. The first-order valence-electron chi connectivity index (χ1n) is 8.83. The number of hydrogen-bond acceptors (Lipinski definition) is 6. The zero-order valence-corrected chi connectivity index (χ0v) is 15.5. The SMILES string of the molecule is Cc1nc(C)c(CC(=O)N2C[C@H]3CC[C@@H]2CN(c2cnccn2)C3)s1. The summed E-state index contributed by atoms with van der Waals surface area (Å²) in [7, 11) is 0. The number of hydrogen-bond donors (Lipinski definition) is 0. The van der Waals surface area contributed by atoms with E-state index in [2.05, 4.69) is 24.8 Å². The van der Waals surface area contributed by atoms with Crippen molar-refractivity contribution >= 4 is 23.1 Å². The molecule has 0 aliphatic carbocycles. The van der Waals surface area contributed by atoms with Gasteiger partial charge < -0.3 is 9.80 Å². The summed E-state index contributed by atoms with van der Waals surface area (Å²) in [5.74, 6) is 1.67. The van der Waals surface area contributed by atoms with Crippen LogP contribution in [0.4, 0.5) is 5.82 Å². The third kappa shape index (κ3) is 3.38. The molecule has 2 aromatic rings. The first-order valence-corrected chi connectivity index (χ1v) is 9.65. The second-order valence-electron chi connectivity index (χ2n) is 7.03. The van der Waals surface area contributed by atoms with Gasteiger partial charge in [0.15, 0.2) is 0 Å². The molecular weight excluding hydrogens is 334 g/mol. The van der Waals surface area contributed by atoms with Gasteiger partial charge in [0, 0.05) is 42.9 Å². The second-order valence-corrected chi connectivity index (χ2v) is 8.32. The molecule has 2 atom stereocenters. The molecule has 0 unspecified atom stereocenters. The van der Waals surface area contributed by atoms with E-state index in [1.165, 1.54) is 6.42 Å². The molecule has 0 radical (unpaired) electrons. The summed E-state index contributed by atoms with van der Waals surface area (Å²) in [6, 6.07) is 0.266. The van der Waals surface area contributed by atoms with Crippen molar-refractivity contribution in [2.75, 3.05) is 24.5 Å². The van der Waals surface area contributed by atoms with Crippen LogP contribution >= 0.6 is 11.3 Å². The van der Waals surface area contributed by atoms with E-state index < -0.39 is 0 Å². The van der Waals surface area contributed by atoms with Crippen molar-refractivity contribution in [3.05, 3.63) is 34.2 Å². The number of rotatable bonds is 3. The first kappa shape index (κ1) is 16.4. The molecule has 3 fully saturated rings. The van der Waals surface area contributed by atoms with Crippen LogP contribution < -0.4 is 4.90 Å². The molecule has 3 aliphatic heterocycles. The molecule has 5 rings (SSSR count). The van der Waals surface area contributed by atoms with E-state index in [4.69, 9.17) is 0 Å². The lowest BCUT2D eigenvalue weighted by atomic mass is 9.94. The highest BCUT2D eigenvalue weighted by atomic mass is 32.1. The third-order valence-corrected chi connectivity index (χ3v) is 6.29. The highest BCUT2D eigenvalue weighted by Gasteiger charge is 2.37. The quantitative estimate of drug-likeness (QED) is 0.843. The number of aryl methyl sites for hydroxylation is 2. The van der Waals surface area contributed by atoms with Crippen LogP contribution in [0, 0.1) is 19.8 Å². The van der Waals surface area contributed by atoms with E-state index in [0.717, 1.165) is 47.5 Å². The second kappa shape index (κ2) is 6.71. The lowest BCUT2D eigenvalue weighted by Gasteiger charge is -2.36. The Morgan fingerprint density at radius 1 is 1.24 bits per heavy atom. The van der Waals surface area contributed by atoms with Crippen molar-refractivity contribution in [1.29, 1.82) is 0 Å². The number of carbonyl (C=O) groups excluding carboxylic acids is 1. The van der Waals surface area contributed by atoms with Gasteiger partial charge in [0.05, 0.1) is 23.3 Å². The van der Waals surface area contributed by atoms with Crippen molar-refractivity contribution in [3.8, 4) is 0 Å². The van der Waals surface area contributed by atoms with E-state index in [0.29, 0.717) is 12.3 Å². The Morgan fingerprint density at radius 2 is 2.12 bits per heavy atom. The Morgan fingerprint density at radius 3 is 2.84 bits per heavy atom. The Kier molecular flexibility index (Phi) is 4.41. The van der Waals surface area contributed by atoms with Gasteiger partial charge in [-0.15, -0.1) is 11.3 Å². The van der Waals surface area contributed by atoms with Crippen molar-refractivity contribution in [2.24, 2.45) is 5.92 Å². The van der Waals surface area contributed by atoms with Gasteiger partial charge in [-0.2, -0.15) is 0 Å². The molecule has 1 amide bonds. The van der Waals surface area contributed by atoms with E-state index in [1.807, 2.05) is 20.0 Å². The molecule has 7 heteroatoms. The number of piperidine rings is 1. The Bertz CT molecular complexity index is 762. The van der Waals surface area contributed by atoms with Crippen LogP contribution in [-0.2, 0) is 11.2 Å². The fourth-order valence-corrected chi connectivity index (χ4v) is 4.93. The van der Waals surface area contributed by atoms with Gasteiger partial charge in [0.2, 0.25) is 5.91 Å². The molecule has 3 saturated heterocycles. The monoisotopic (exact) mass is 357 g/mol. The van der Waals surface area contributed by atoms with Gasteiger partial charge in [-0.3, -0.25) is 9.78 Å². The zero-order chi connectivity index (χ0) is 17.4. The number of nitrogens with zero attached hydrogens (tertiary/aromatic N) is 5. The predicted octanol–water partition coefficient (Wildman–Crippen LogP) is 2.22. The molecule has 132 valence electrons. The van der Waals surface area contributed by atoms with Crippen LogP contribution in [0.25, 0.3) is 0 Å². The summed E-state index contributed by atoms with van der Waals surface area (Å²) in [6.45, 7) is 6.66. The highest BCUT2D eigenvalue weighted by molar-refractivity contribution is 7.11. The molecule has 0 saturated carbocycles. The van der Waals surface area contributed by atoms with Crippen molar-refractivity contribution in [2.45, 2.75) is 39.2 Å². The molecule has 5 heterocycles. The minimum atomic E-state index is 0.238. The molecule has 3 aliphatic rings. The van der Waals surface area contributed by atoms with Crippen LogP contribution in [0.3, 0.4) is 0 Å². The number of anilines is 1. The molecule has 0 aromatic carbocycles. The van der Waals surface area contributed by atoms with Crippen LogP contribution in [0.2, 0.25) is 0 Å². The highest BCUT2D eigenvalue weighted by Crippen LogP contribution is 2.31. The minimum absolute atomic E-state index is 0.238. The van der Waals surface area contributed by atoms with Gasteiger partial charge in [0.25, 0.3) is 0 Å². The maximum atomic E-state index is 13.0. The average molecular weight is 357 g/mol. The van der Waals surface area contributed by atoms with Crippen molar-refractivity contribution < 1.29 is 4.79 Å². The van der Waals surface area contributed by atoms with E-state index >= 15 is 0 Å². The van der Waals surface area contributed by atoms with Crippen LogP contribution in [-0.4, -0.2) is 51.4 Å². The maximum Gasteiger partial charge on any atom is 0.228 e. The van der Waals surface area contributed by atoms with Crippen LogP contribution in [0.1, 0.15) is 28.4 Å². The summed E-state index contributed by atoms with van der Waals surface area (Å²) in [5.41, 5.74) is 0.997. The lowest BCUT2D eigenvalue weighted by molar-refractivity contribution is -0.134. The van der Waals surface area contributed by atoms with E-state index in [-0.39, 0.29) is 11.9 Å². The van der Waals surface area contributed by atoms with Gasteiger partial charge >= 0.3 is 0 Å². The molecule has 2 aromatic heterocycles. The molecular formula is C18H23N5OS. The summed E-state index contributed by atoms with van der Waals surface area (Å²) < 4.78 is 0. The van der Waals surface area contributed by atoms with Crippen molar-refractivity contribution in [1.82, 2.24) is 19.9 Å². The number of fused-ring (bicyclic) bond motifs is 4. The summed E-state index contributed by atoms with van der Waals surface area (Å²) >= 11 is 1.64. The fourth-order valence-electron chi connectivity index (χ4n) is 4.01. The van der Waals surface area contributed by atoms with Crippen molar-refractivity contribution in [3.63, 3.8) is 0 Å². The molecule has 2 bridgehead atoms. The topological polar surface area (TPSA) is 62.2 Å². The first-order chi connectivity index (χ1) is 12.1. The van der Waals surface area contributed by atoms with Crippen LogP contribution in [0.5, 0.6) is 0 Å². The molecule has 25 heavy (non-hydrogen) atoms. The number of aromatic nitrogens is 3. The van der Waals surface area contributed by atoms with Gasteiger partial charge in [-0.25, -0.2) is 9.97 Å². The lowest BCUT2D eigenvalue weighted by Crippen LogP contribution is -2.48. The minimum Gasteiger partial charge on any atom is -0.353 e. The van der Waals surface area contributed by atoms with E-state index in [9.17, 15) is 4.79 Å². The predicted molar refractivity (Wildman–Crippen MR) is 97.8 cm³/mol. The fraction of sp³-hybridized carbons (Fsp3) is 0.556. The average Bonchev–Trinajstić information content (AvgIpc) is 2.81. The smallest absolute Gasteiger partial charge is 0.228 e. The van der Waals surface area contributed by atoms with Gasteiger partial charge in [-0.1, -0.05) is 0 Å². The number of carbonyl (C=O) groups is 1. The molecule has 0 N–H and O–H groups in total. The number of thiazole rings is 1. The summed E-state index contributed by atoms with van der Waals surface area (Å²) in [6.07, 6.45) is 7.99. The third-order valence-electron chi connectivity index (χ3n) is 5.22.